The molecule has 1 unspecified atom stereocenters. The summed E-state index contributed by atoms with van der Waals surface area (Å²) >= 11 is 0. The molecule has 0 aromatic heterocycles. The molecule has 0 aliphatic heterocycles. The van der Waals surface area contributed by atoms with Gasteiger partial charge in [0.05, 0.1) is 0 Å². The maximum atomic E-state index is 12.9. The molecule has 0 bridgehead atoms. The first-order chi connectivity index (χ1) is 35.5. The Balaban J connectivity index is 4.36. The lowest BCUT2D eigenvalue weighted by Gasteiger charge is -2.18. The van der Waals surface area contributed by atoms with Crippen LogP contribution in [0.4, 0.5) is 0 Å². The summed E-state index contributed by atoms with van der Waals surface area (Å²) in [4.78, 5) is 38.3. The average molecular weight is 1010 g/mol. The summed E-state index contributed by atoms with van der Waals surface area (Å²) in [5, 5.41) is 0. The quantitative estimate of drug-likeness (QED) is 0.0261. The van der Waals surface area contributed by atoms with Crippen molar-refractivity contribution < 1.29 is 28.6 Å². The third-order valence-corrected chi connectivity index (χ3v) is 13.4. The first-order valence-electron chi connectivity index (χ1n) is 30.9. The van der Waals surface area contributed by atoms with Crippen LogP contribution < -0.4 is 0 Å². The second kappa shape index (κ2) is 60.4. The molecule has 0 saturated carbocycles. The van der Waals surface area contributed by atoms with Gasteiger partial charge in [-0.15, -0.1) is 0 Å². The molecular formula is C66H116O6. The van der Waals surface area contributed by atoms with Crippen molar-refractivity contribution in [2.45, 2.75) is 316 Å². The van der Waals surface area contributed by atoms with E-state index in [1.807, 2.05) is 0 Å². The molecule has 416 valence electrons. The molecule has 0 amide bonds. The molecule has 0 fully saturated rings. The predicted molar refractivity (Wildman–Crippen MR) is 311 cm³/mol. The summed E-state index contributed by atoms with van der Waals surface area (Å²) in [5.74, 6) is -0.884. The highest BCUT2D eigenvalue weighted by Gasteiger charge is 2.19. The molecule has 0 aliphatic carbocycles. The van der Waals surface area contributed by atoms with Crippen LogP contribution >= 0.6 is 0 Å². The number of carbonyl (C=O) groups excluding carboxylic acids is 3. The Labute approximate surface area is 446 Å². The smallest absolute Gasteiger partial charge is 0.306 e. The van der Waals surface area contributed by atoms with Crippen molar-refractivity contribution in [2.24, 2.45) is 0 Å². The molecule has 0 aromatic rings. The summed E-state index contributed by atoms with van der Waals surface area (Å²) in [5.41, 5.74) is 0. The van der Waals surface area contributed by atoms with E-state index < -0.39 is 6.10 Å². The highest BCUT2D eigenvalue weighted by atomic mass is 16.6. The van der Waals surface area contributed by atoms with E-state index in [1.165, 1.54) is 167 Å². The zero-order valence-electron chi connectivity index (χ0n) is 47.7. The van der Waals surface area contributed by atoms with Gasteiger partial charge in [-0.2, -0.15) is 0 Å². The maximum Gasteiger partial charge on any atom is 0.306 e. The van der Waals surface area contributed by atoms with E-state index in [0.717, 1.165) is 103 Å². The van der Waals surface area contributed by atoms with Crippen LogP contribution in [-0.4, -0.2) is 37.2 Å². The largest absolute Gasteiger partial charge is 0.462 e. The average Bonchev–Trinajstić information content (AvgIpc) is 3.38. The Morgan fingerprint density at radius 2 is 0.542 bits per heavy atom. The van der Waals surface area contributed by atoms with Crippen LogP contribution in [0.1, 0.15) is 310 Å². The third-order valence-electron chi connectivity index (χ3n) is 13.4. The number of unbranched alkanes of at least 4 members (excludes halogenated alkanes) is 33. The van der Waals surface area contributed by atoms with Crippen molar-refractivity contribution >= 4 is 17.9 Å². The van der Waals surface area contributed by atoms with Gasteiger partial charge in [0.25, 0.3) is 0 Å². The van der Waals surface area contributed by atoms with Gasteiger partial charge < -0.3 is 14.2 Å². The zero-order chi connectivity index (χ0) is 52.2. The standard InChI is InChI=1S/C66H116O6/c1-4-7-10-13-16-19-22-25-28-30-31-32-33-34-35-36-39-41-44-47-50-53-56-59-65(68)71-62-63(61-70-64(67)58-55-52-49-46-43-40-37-27-24-21-18-15-12-9-6-3)72-66(69)60-57-54-51-48-45-42-38-29-26-23-20-17-14-11-8-5-2/h7,10,16,19,25,27-28,31-32,34-35,37,63H,4-6,8-9,11-15,17-18,20-24,26,29-30,33,36,38-62H2,1-3H3/b10-7-,19-16-,28-25-,32-31-,35-34-,37-27-. The molecule has 0 rings (SSSR count). The van der Waals surface area contributed by atoms with Crippen molar-refractivity contribution in [3.63, 3.8) is 0 Å². The normalized spacial score (nSPS) is 12.5. The lowest BCUT2D eigenvalue weighted by Crippen LogP contribution is -2.30. The van der Waals surface area contributed by atoms with Gasteiger partial charge in [-0.05, 0) is 89.9 Å². The number of rotatable bonds is 56. The topological polar surface area (TPSA) is 78.9 Å². The fraction of sp³-hybridized carbons (Fsp3) is 0.773. The van der Waals surface area contributed by atoms with Gasteiger partial charge in [0.1, 0.15) is 13.2 Å². The molecule has 0 saturated heterocycles. The zero-order valence-corrected chi connectivity index (χ0v) is 47.7. The van der Waals surface area contributed by atoms with E-state index in [0.29, 0.717) is 19.3 Å². The lowest BCUT2D eigenvalue weighted by molar-refractivity contribution is -0.167. The summed E-state index contributed by atoms with van der Waals surface area (Å²) in [6.07, 6.45) is 77.5. The molecule has 0 spiro atoms. The molecule has 0 aromatic carbocycles. The Morgan fingerprint density at radius 1 is 0.292 bits per heavy atom. The Kier molecular flexibility index (Phi) is 57.8. The third kappa shape index (κ3) is 57.7. The Bertz CT molecular complexity index is 1340. The van der Waals surface area contributed by atoms with Crippen LogP contribution in [0.5, 0.6) is 0 Å². The van der Waals surface area contributed by atoms with Crippen LogP contribution in [0.2, 0.25) is 0 Å². The Morgan fingerprint density at radius 3 is 0.861 bits per heavy atom. The van der Waals surface area contributed by atoms with E-state index in [1.54, 1.807) is 0 Å². The van der Waals surface area contributed by atoms with Gasteiger partial charge >= 0.3 is 17.9 Å². The van der Waals surface area contributed by atoms with Crippen molar-refractivity contribution in [1.82, 2.24) is 0 Å². The van der Waals surface area contributed by atoms with Crippen LogP contribution in [0.3, 0.4) is 0 Å². The molecule has 6 heteroatoms. The lowest BCUT2D eigenvalue weighted by atomic mass is 10.0. The number of esters is 3. The molecule has 72 heavy (non-hydrogen) atoms. The van der Waals surface area contributed by atoms with Crippen LogP contribution in [0, 0.1) is 0 Å². The van der Waals surface area contributed by atoms with E-state index in [4.69, 9.17) is 14.2 Å². The van der Waals surface area contributed by atoms with Gasteiger partial charge in [-0.25, -0.2) is 0 Å². The van der Waals surface area contributed by atoms with Gasteiger partial charge in [0.15, 0.2) is 6.10 Å². The summed E-state index contributed by atoms with van der Waals surface area (Å²) in [7, 11) is 0. The van der Waals surface area contributed by atoms with Gasteiger partial charge in [-0.3, -0.25) is 14.4 Å². The summed E-state index contributed by atoms with van der Waals surface area (Å²) < 4.78 is 16.9. The van der Waals surface area contributed by atoms with E-state index in [-0.39, 0.29) is 31.1 Å². The molecule has 0 radical (unpaired) electrons. The minimum absolute atomic E-state index is 0.0804. The number of hydrogen-bond donors (Lipinski definition) is 0. The fourth-order valence-corrected chi connectivity index (χ4v) is 8.82. The monoisotopic (exact) mass is 1000 g/mol. The highest BCUT2D eigenvalue weighted by molar-refractivity contribution is 5.71. The molecule has 1 atom stereocenters. The first-order valence-corrected chi connectivity index (χ1v) is 30.9. The van der Waals surface area contributed by atoms with Crippen LogP contribution in [0.25, 0.3) is 0 Å². The minimum atomic E-state index is -0.782. The van der Waals surface area contributed by atoms with Crippen molar-refractivity contribution in [2.75, 3.05) is 13.2 Å². The summed E-state index contributed by atoms with van der Waals surface area (Å²) in [6.45, 7) is 6.54. The number of allylic oxidation sites excluding steroid dienone is 12. The number of ether oxygens (including phenoxy) is 3. The van der Waals surface area contributed by atoms with Crippen LogP contribution in [-0.2, 0) is 28.6 Å². The summed E-state index contributed by atoms with van der Waals surface area (Å²) in [6, 6.07) is 0. The number of hydrogen-bond acceptors (Lipinski definition) is 6. The SMILES string of the molecule is CC/C=C\C/C=C\C/C=C\C/C=C\C/C=C\CCCCCCCCCC(=O)OCC(COC(=O)CCCCCCC/C=C\CCCCCCCC)OC(=O)CCCCCCCCCCCCCCCCCC. The van der Waals surface area contributed by atoms with Gasteiger partial charge in [-0.1, -0.05) is 273 Å². The van der Waals surface area contributed by atoms with Crippen molar-refractivity contribution in [3.8, 4) is 0 Å². The van der Waals surface area contributed by atoms with Crippen molar-refractivity contribution in [1.29, 1.82) is 0 Å². The fourth-order valence-electron chi connectivity index (χ4n) is 8.82. The van der Waals surface area contributed by atoms with Crippen LogP contribution in [0.15, 0.2) is 72.9 Å². The Hall–Kier alpha value is -3.15. The predicted octanol–water partition coefficient (Wildman–Crippen LogP) is 20.9. The highest BCUT2D eigenvalue weighted by Crippen LogP contribution is 2.16. The van der Waals surface area contributed by atoms with Gasteiger partial charge in [0.2, 0.25) is 0 Å². The maximum absolute atomic E-state index is 12.9. The molecule has 6 nitrogen and oxygen atoms in total. The number of carbonyl (C=O) groups is 3. The second-order valence-corrected chi connectivity index (χ2v) is 20.6. The first kappa shape index (κ1) is 68.8. The molecule has 0 aliphatic rings. The minimum Gasteiger partial charge on any atom is -0.462 e. The van der Waals surface area contributed by atoms with Gasteiger partial charge in [0, 0.05) is 19.3 Å². The van der Waals surface area contributed by atoms with Crippen molar-refractivity contribution in [3.05, 3.63) is 72.9 Å². The van der Waals surface area contributed by atoms with E-state index in [2.05, 4.69) is 93.7 Å². The molecule has 0 heterocycles. The van der Waals surface area contributed by atoms with E-state index in [9.17, 15) is 14.4 Å². The second-order valence-electron chi connectivity index (χ2n) is 20.6. The van der Waals surface area contributed by atoms with E-state index >= 15 is 0 Å². The molecular weight excluding hydrogens is 889 g/mol. The molecule has 0 N–H and O–H groups in total.